The van der Waals surface area contributed by atoms with Gasteiger partial charge in [0.15, 0.2) is 0 Å². The van der Waals surface area contributed by atoms with Crippen molar-refractivity contribution in [3.63, 3.8) is 0 Å². The van der Waals surface area contributed by atoms with Crippen LogP contribution >= 0.6 is 0 Å². The molecule has 1 aromatic carbocycles. The van der Waals surface area contributed by atoms with Gasteiger partial charge in [0.05, 0.1) is 24.4 Å². The maximum absolute atomic E-state index is 9.87. The lowest BCUT2D eigenvalue weighted by Gasteiger charge is -2.44. The molecule has 0 saturated carbocycles. The number of nitrogens with zero attached hydrogens (tertiary/aromatic N) is 1. The molecule has 1 N–H and O–H groups in total. The average Bonchev–Trinajstić information content (AvgIpc) is 2.28. The molecule has 1 saturated heterocycles. The Labute approximate surface area is 109 Å². The van der Waals surface area contributed by atoms with Gasteiger partial charge in [0.2, 0.25) is 0 Å². The van der Waals surface area contributed by atoms with E-state index in [4.69, 9.17) is 4.74 Å². The van der Waals surface area contributed by atoms with E-state index in [1.165, 1.54) is 5.56 Å². The van der Waals surface area contributed by atoms with Gasteiger partial charge in [-0.15, -0.1) is 0 Å². The highest BCUT2D eigenvalue weighted by Crippen LogP contribution is 2.24. The van der Waals surface area contributed by atoms with Crippen LogP contribution in [0.15, 0.2) is 30.3 Å². The largest absolute Gasteiger partial charge is 0.392 e. The summed E-state index contributed by atoms with van der Waals surface area (Å²) < 4.78 is 5.81. The van der Waals surface area contributed by atoms with Crippen molar-refractivity contribution in [2.24, 2.45) is 0 Å². The standard InChI is InChI=1S/C15H23NO2/c1-12(17)14-10-18-15(2,3)11-16(14)9-13-7-5-4-6-8-13/h4-8,12,14,17H,9-11H2,1-3H3. The lowest BCUT2D eigenvalue weighted by atomic mass is 10.0. The molecule has 3 nitrogen and oxygen atoms in total. The van der Waals surface area contributed by atoms with Crippen LogP contribution in [-0.2, 0) is 11.3 Å². The molecule has 18 heavy (non-hydrogen) atoms. The molecular weight excluding hydrogens is 226 g/mol. The predicted molar refractivity (Wildman–Crippen MR) is 72.4 cm³/mol. The molecule has 1 aliphatic heterocycles. The quantitative estimate of drug-likeness (QED) is 0.890. The lowest BCUT2D eigenvalue weighted by Crippen LogP contribution is -2.57. The second-order valence-electron chi connectivity index (χ2n) is 5.77. The Hall–Kier alpha value is -0.900. The Morgan fingerprint density at radius 3 is 2.67 bits per heavy atom. The number of rotatable bonds is 3. The first-order chi connectivity index (χ1) is 8.48. The fourth-order valence-corrected chi connectivity index (χ4v) is 2.50. The van der Waals surface area contributed by atoms with Crippen LogP contribution in [0.1, 0.15) is 26.3 Å². The summed E-state index contributed by atoms with van der Waals surface area (Å²) in [6.45, 7) is 8.34. The first-order valence-electron chi connectivity index (χ1n) is 6.58. The first kappa shape index (κ1) is 13.5. The van der Waals surface area contributed by atoms with E-state index in [9.17, 15) is 5.11 Å². The molecule has 2 unspecified atom stereocenters. The minimum absolute atomic E-state index is 0.0817. The van der Waals surface area contributed by atoms with Crippen LogP contribution in [0.25, 0.3) is 0 Å². The van der Waals surface area contributed by atoms with Gasteiger partial charge in [0, 0.05) is 13.1 Å². The van der Waals surface area contributed by atoms with E-state index in [-0.39, 0.29) is 17.7 Å². The maximum atomic E-state index is 9.87. The second-order valence-corrected chi connectivity index (χ2v) is 5.77. The molecule has 1 aromatic rings. The topological polar surface area (TPSA) is 32.7 Å². The summed E-state index contributed by atoms with van der Waals surface area (Å²) in [6, 6.07) is 10.5. The molecule has 3 heteroatoms. The normalized spacial score (nSPS) is 25.9. The Kier molecular flexibility index (Phi) is 4.05. The van der Waals surface area contributed by atoms with Crippen molar-refractivity contribution in [2.75, 3.05) is 13.2 Å². The molecule has 0 aliphatic carbocycles. The van der Waals surface area contributed by atoms with Crippen molar-refractivity contribution < 1.29 is 9.84 Å². The van der Waals surface area contributed by atoms with Crippen molar-refractivity contribution in [1.29, 1.82) is 0 Å². The van der Waals surface area contributed by atoms with Gasteiger partial charge in [-0.1, -0.05) is 30.3 Å². The van der Waals surface area contributed by atoms with Crippen LogP contribution in [0.5, 0.6) is 0 Å². The average molecular weight is 249 g/mol. The van der Waals surface area contributed by atoms with Crippen LogP contribution in [0.3, 0.4) is 0 Å². The smallest absolute Gasteiger partial charge is 0.0753 e. The minimum Gasteiger partial charge on any atom is -0.392 e. The Balaban J connectivity index is 2.10. The minimum atomic E-state index is -0.371. The number of ether oxygens (including phenoxy) is 1. The van der Waals surface area contributed by atoms with E-state index < -0.39 is 0 Å². The zero-order chi connectivity index (χ0) is 13.2. The van der Waals surface area contributed by atoms with Crippen molar-refractivity contribution in [3.05, 3.63) is 35.9 Å². The number of aliphatic hydroxyl groups excluding tert-OH is 1. The highest BCUT2D eigenvalue weighted by Gasteiger charge is 2.35. The van der Waals surface area contributed by atoms with E-state index in [2.05, 4.69) is 43.0 Å². The molecular formula is C15H23NO2. The SMILES string of the molecule is CC(O)C1COC(C)(C)CN1Cc1ccccc1. The molecule has 1 aliphatic rings. The summed E-state index contributed by atoms with van der Waals surface area (Å²) in [6.07, 6.45) is -0.371. The number of morpholine rings is 1. The molecule has 100 valence electrons. The Bertz CT molecular complexity index is 375. The number of aliphatic hydroxyl groups is 1. The third-order valence-electron chi connectivity index (χ3n) is 3.48. The van der Waals surface area contributed by atoms with Gasteiger partial charge in [-0.3, -0.25) is 4.90 Å². The van der Waals surface area contributed by atoms with Gasteiger partial charge in [0.1, 0.15) is 0 Å². The van der Waals surface area contributed by atoms with Gasteiger partial charge in [-0.2, -0.15) is 0 Å². The summed E-state index contributed by atoms with van der Waals surface area (Å²) in [7, 11) is 0. The molecule has 2 atom stereocenters. The summed E-state index contributed by atoms with van der Waals surface area (Å²) in [4.78, 5) is 2.32. The first-order valence-corrected chi connectivity index (χ1v) is 6.58. The van der Waals surface area contributed by atoms with Crippen LogP contribution in [0.2, 0.25) is 0 Å². The van der Waals surface area contributed by atoms with Crippen molar-refractivity contribution in [2.45, 2.75) is 45.1 Å². The molecule has 0 aromatic heterocycles. The molecule has 0 radical (unpaired) electrons. The van der Waals surface area contributed by atoms with E-state index in [1.807, 2.05) is 13.0 Å². The van der Waals surface area contributed by atoms with Crippen LogP contribution < -0.4 is 0 Å². The van der Waals surface area contributed by atoms with Gasteiger partial charge < -0.3 is 9.84 Å². The number of benzene rings is 1. The second kappa shape index (κ2) is 5.39. The summed E-state index contributed by atoms with van der Waals surface area (Å²) in [5.41, 5.74) is 1.14. The van der Waals surface area contributed by atoms with E-state index in [1.54, 1.807) is 0 Å². The zero-order valence-electron chi connectivity index (χ0n) is 11.5. The highest BCUT2D eigenvalue weighted by atomic mass is 16.5. The molecule has 0 spiro atoms. The highest BCUT2D eigenvalue weighted by molar-refractivity contribution is 5.15. The van der Waals surface area contributed by atoms with Gasteiger partial charge in [0.25, 0.3) is 0 Å². The summed E-state index contributed by atoms with van der Waals surface area (Å²) in [5, 5.41) is 9.87. The lowest BCUT2D eigenvalue weighted by molar-refractivity contribution is -0.139. The van der Waals surface area contributed by atoms with Gasteiger partial charge >= 0.3 is 0 Å². The predicted octanol–water partition coefficient (Wildman–Crippen LogP) is 2.05. The van der Waals surface area contributed by atoms with Crippen LogP contribution in [-0.4, -0.2) is 40.9 Å². The van der Waals surface area contributed by atoms with Crippen LogP contribution in [0.4, 0.5) is 0 Å². The van der Waals surface area contributed by atoms with Crippen molar-refractivity contribution in [1.82, 2.24) is 4.90 Å². The van der Waals surface area contributed by atoms with E-state index in [0.717, 1.165) is 13.1 Å². The third-order valence-corrected chi connectivity index (χ3v) is 3.48. The van der Waals surface area contributed by atoms with Crippen molar-refractivity contribution >= 4 is 0 Å². The summed E-state index contributed by atoms with van der Waals surface area (Å²) in [5.74, 6) is 0. The number of hydrogen-bond donors (Lipinski definition) is 1. The monoisotopic (exact) mass is 249 g/mol. The fraction of sp³-hybridized carbons (Fsp3) is 0.600. The zero-order valence-corrected chi connectivity index (χ0v) is 11.5. The summed E-state index contributed by atoms with van der Waals surface area (Å²) >= 11 is 0. The molecule has 0 bridgehead atoms. The van der Waals surface area contributed by atoms with Gasteiger partial charge in [-0.25, -0.2) is 0 Å². The fourth-order valence-electron chi connectivity index (χ4n) is 2.50. The van der Waals surface area contributed by atoms with E-state index >= 15 is 0 Å². The van der Waals surface area contributed by atoms with Gasteiger partial charge in [-0.05, 0) is 26.3 Å². The Morgan fingerprint density at radius 2 is 2.06 bits per heavy atom. The van der Waals surface area contributed by atoms with Crippen molar-refractivity contribution in [3.8, 4) is 0 Å². The maximum Gasteiger partial charge on any atom is 0.0753 e. The van der Waals surface area contributed by atoms with Crippen LogP contribution in [0, 0.1) is 0 Å². The third kappa shape index (κ3) is 3.31. The molecule has 0 amide bonds. The molecule has 1 fully saturated rings. The molecule has 1 heterocycles. The number of hydrogen-bond acceptors (Lipinski definition) is 3. The Morgan fingerprint density at radius 1 is 1.39 bits per heavy atom. The molecule has 2 rings (SSSR count). The van der Waals surface area contributed by atoms with E-state index in [0.29, 0.717) is 6.61 Å².